The van der Waals surface area contributed by atoms with Gasteiger partial charge in [-0.2, -0.15) is 4.98 Å². The van der Waals surface area contributed by atoms with Crippen molar-refractivity contribution >= 4 is 28.5 Å². The zero-order chi connectivity index (χ0) is 21.6. The van der Waals surface area contributed by atoms with Crippen LogP contribution in [-0.4, -0.2) is 41.2 Å². The maximum Gasteiger partial charge on any atom is 0.228 e. The Labute approximate surface area is 185 Å². The van der Waals surface area contributed by atoms with Crippen LogP contribution < -0.4 is 10.6 Å². The van der Waals surface area contributed by atoms with Gasteiger partial charge in [-0.1, -0.05) is 35.0 Å². The number of benzene rings is 2. The summed E-state index contributed by atoms with van der Waals surface area (Å²) < 4.78 is 5.35. The van der Waals surface area contributed by atoms with Crippen molar-refractivity contribution in [2.24, 2.45) is 4.99 Å². The van der Waals surface area contributed by atoms with Gasteiger partial charge in [-0.15, -0.1) is 0 Å². The Hall–Kier alpha value is -3.32. The van der Waals surface area contributed by atoms with Crippen LogP contribution in [0.4, 0.5) is 0 Å². The van der Waals surface area contributed by atoms with Gasteiger partial charge in [0.05, 0.1) is 0 Å². The molecule has 0 saturated carbocycles. The third-order valence-electron chi connectivity index (χ3n) is 5.12. The van der Waals surface area contributed by atoms with Crippen molar-refractivity contribution in [1.82, 2.24) is 25.8 Å². The van der Waals surface area contributed by atoms with E-state index in [4.69, 9.17) is 16.1 Å². The number of halogens is 1. The molecule has 0 fully saturated rings. The molecule has 160 valence electrons. The highest BCUT2D eigenvalue weighted by molar-refractivity contribution is 6.30. The lowest BCUT2D eigenvalue weighted by molar-refractivity contribution is 0.378. The first-order valence-corrected chi connectivity index (χ1v) is 10.6. The van der Waals surface area contributed by atoms with Crippen molar-refractivity contribution in [3.8, 4) is 11.4 Å². The summed E-state index contributed by atoms with van der Waals surface area (Å²) in [6, 6.07) is 15.7. The summed E-state index contributed by atoms with van der Waals surface area (Å²) in [6.45, 7) is 3.53. The summed E-state index contributed by atoms with van der Waals surface area (Å²) in [5.41, 5.74) is 4.59. The van der Waals surface area contributed by atoms with E-state index in [0.717, 1.165) is 24.5 Å². The first-order valence-electron chi connectivity index (χ1n) is 10.2. The molecule has 2 aromatic heterocycles. The van der Waals surface area contributed by atoms with E-state index in [1.54, 1.807) is 7.05 Å². The third-order valence-corrected chi connectivity index (χ3v) is 5.37. The molecule has 0 aliphatic carbocycles. The Bertz CT molecular complexity index is 1180. The largest absolute Gasteiger partial charge is 0.358 e. The van der Waals surface area contributed by atoms with Crippen LogP contribution in [0.5, 0.6) is 0 Å². The molecule has 0 atom stereocenters. The number of guanidine groups is 1. The second kappa shape index (κ2) is 9.66. The average molecular weight is 437 g/mol. The molecule has 8 heteroatoms. The number of nitrogens with zero attached hydrogens (tertiary/aromatic N) is 3. The quantitative estimate of drug-likeness (QED) is 0.299. The fraction of sp³-hybridized carbons (Fsp3) is 0.261. The topological polar surface area (TPSA) is 91.1 Å². The Balaban J connectivity index is 1.25. The molecule has 4 rings (SSSR count). The third kappa shape index (κ3) is 5.06. The lowest BCUT2D eigenvalue weighted by Gasteiger charge is -2.11. The number of hydrogen-bond donors (Lipinski definition) is 3. The molecule has 2 aromatic carbocycles. The number of aryl methyl sites for hydroxylation is 1. The van der Waals surface area contributed by atoms with E-state index in [1.165, 1.54) is 22.2 Å². The summed E-state index contributed by atoms with van der Waals surface area (Å²) in [5, 5.41) is 12.7. The number of aromatic amines is 1. The first-order chi connectivity index (χ1) is 15.1. The predicted octanol–water partition coefficient (Wildman–Crippen LogP) is 4.13. The normalized spacial score (nSPS) is 11.8. The molecule has 0 amide bonds. The molecular formula is C23H25ClN6O. The second-order valence-corrected chi connectivity index (χ2v) is 7.65. The van der Waals surface area contributed by atoms with Crippen LogP contribution in [-0.2, 0) is 12.8 Å². The van der Waals surface area contributed by atoms with Crippen LogP contribution >= 0.6 is 11.6 Å². The van der Waals surface area contributed by atoms with E-state index in [2.05, 4.69) is 55.9 Å². The molecule has 0 bridgehead atoms. The minimum Gasteiger partial charge on any atom is -0.358 e. The van der Waals surface area contributed by atoms with Crippen LogP contribution in [0.15, 0.2) is 58.0 Å². The first kappa shape index (κ1) is 20.9. The summed E-state index contributed by atoms with van der Waals surface area (Å²) in [5.74, 6) is 1.88. The Morgan fingerprint density at radius 2 is 1.81 bits per heavy atom. The Morgan fingerprint density at radius 1 is 1.06 bits per heavy atom. The summed E-state index contributed by atoms with van der Waals surface area (Å²) in [4.78, 5) is 12.2. The van der Waals surface area contributed by atoms with Crippen molar-refractivity contribution < 1.29 is 4.52 Å². The highest BCUT2D eigenvalue weighted by Crippen LogP contribution is 2.22. The van der Waals surface area contributed by atoms with Crippen molar-refractivity contribution in [3.63, 3.8) is 0 Å². The summed E-state index contributed by atoms with van der Waals surface area (Å²) in [7, 11) is 1.76. The van der Waals surface area contributed by atoms with Crippen LogP contribution in [0.1, 0.15) is 17.1 Å². The van der Waals surface area contributed by atoms with Gasteiger partial charge in [0.25, 0.3) is 0 Å². The maximum absolute atomic E-state index is 5.92. The number of rotatable bonds is 7. The molecule has 31 heavy (non-hydrogen) atoms. The SMILES string of the molecule is CN=C(NCCc1nc(-c2ccc(Cl)cc2)no1)NCCc1c(C)[nH]c2ccccc12. The molecule has 2 heterocycles. The lowest BCUT2D eigenvalue weighted by atomic mass is 10.1. The monoisotopic (exact) mass is 436 g/mol. The van der Waals surface area contributed by atoms with E-state index < -0.39 is 0 Å². The molecule has 3 N–H and O–H groups in total. The number of H-pyrrole nitrogens is 1. The van der Waals surface area contributed by atoms with Crippen LogP contribution in [0, 0.1) is 6.92 Å². The van der Waals surface area contributed by atoms with Crippen molar-refractivity contribution in [1.29, 1.82) is 0 Å². The highest BCUT2D eigenvalue weighted by atomic mass is 35.5. The lowest BCUT2D eigenvalue weighted by Crippen LogP contribution is -2.39. The Morgan fingerprint density at radius 3 is 2.58 bits per heavy atom. The molecule has 0 saturated heterocycles. The summed E-state index contributed by atoms with van der Waals surface area (Å²) >= 11 is 5.92. The highest BCUT2D eigenvalue weighted by Gasteiger charge is 2.10. The average Bonchev–Trinajstić information content (AvgIpc) is 3.37. The van der Waals surface area contributed by atoms with Crippen LogP contribution in [0.25, 0.3) is 22.3 Å². The maximum atomic E-state index is 5.92. The van der Waals surface area contributed by atoms with Gasteiger partial charge in [-0.3, -0.25) is 4.99 Å². The smallest absolute Gasteiger partial charge is 0.228 e. The van der Waals surface area contributed by atoms with Gasteiger partial charge in [0.15, 0.2) is 5.96 Å². The molecule has 0 spiro atoms. The van der Waals surface area contributed by atoms with E-state index in [-0.39, 0.29) is 0 Å². The second-order valence-electron chi connectivity index (χ2n) is 7.22. The molecule has 4 aromatic rings. The molecule has 7 nitrogen and oxygen atoms in total. The van der Waals surface area contributed by atoms with Crippen LogP contribution in [0.3, 0.4) is 0 Å². The predicted molar refractivity (Wildman–Crippen MR) is 125 cm³/mol. The number of nitrogens with one attached hydrogen (secondary N) is 3. The van der Waals surface area contributed by atoms with E-state index in [0.29, 0.717) is 29.7 Å². The molecular weight excluding hydrogens is 412 g/mol. The number of fused-ring (bicyclic) bond motifs is 1. The number of hydrogen-bond acceptors (Lipinski definition) is 4. The van der Waals surface area contributed by atoms with E-state index in [9.17, 15) is 0 Å². The summed E-state index contributed by atoms with van der Waals surface area (Å²) in [6.07, 6.45) is 1.51. The minimum atomic E-state index is 0.559. The van der Waals surface area contributed by atoms with E-state index >= 15 is 0 Å². The van der Waals surface area contributed by atoms with Gasteiger partial charge in [0.1, 0.15) is 0 Å². The van der Waals surface area contributed by atoms with Crippen LogP contribution in [0.2, 0.25) is 5.02 Å². The van der Waals surface area contributed by atoms with Gasteiger partial charge < -0.3 is 20.1 Å². The minimum absolute atomic E-state index is 0.559. The standard InChI is InChI=1S/C23H25ClN6O/c1-15-18(19-5-3-4-6-20(19)28-15)11-13-26-23(25-2)27-14-12-21-29-22(30-31-21)16-7-9-17(24)10-8-16/h3-10,28H,11-14H2,1-2H3,(H2,25,26,27). The fourth-order valence-electron chi connectivity index (χ4n) is 3.54. The molecule has 0 aliphatic rings. The van der Waals surface area contributed by atoms with Gasteiger partial charge in [-0.05, 0) is 49.2 Å². The van der Waals surface area contributed by atoms with Gasteiger partial charge in [-0.25, -0.2) is 0 Å². The zero-order valence-electron chi connectivity index (χ0n) is 17.6. The molecule has 0 radical (unpaired) electrons. The number of aliphatic imine (C=N–C) groups is 1. The number of para-hydroxylation sites is 1. The van der Waals surface area contributed by atoms with Gasteiger partial charge in [0, 0.05) is 53.7 Å². The van der Waals surface area contributed by atoms with Gasteiger partial charge in [0.2, 0.25) is 11.7 Å². The Kier molecular flexibility index (Phi) is 6.52. The van der Waals surface area contributed by atoms with Crippen molar-refractivity contribution in [2.45, 2.75) is 19.8 Å². The van der Waals surface area contributed by atoms with E-state index in [1.807, 2.05) is 30.3 Å². The van der Waals surface area contributed by atoms with Crippen molar-refractivity contribution in [3.05, 3.63) is 70.7 Å². The van der Waals surface area contributed by atoms with Crippen molar-refractivity contribution in [2.75, 3.05) is 20.1 Å². The molecule has 0 unspecified atom stereocenters. The number of aromatic nitrogens is 3. The zero-order valence-corrected chi connectivity index (χ0v) is 18.3. The fourth-order valence-corrected chi connectivity index (χ4v) is 3.67. The van der Waals surface area contributed by atoms with Gasteiger partial charge >= 0.3 is 0 Å². The molecule has 0 aliphatic heterocycles.